The number of pyridine rings is 1. The molecule has 0 aliphatic rings. The minimum Gasteiger partial charge on any atom is -0.491 e. The van der Waals surface area contributed by atoms with E-state index in [4.69, 9.17) is 9.47 Å². The van der Waals surface area contributed by atoms with Gasteiger partial charge in [0.05, 0.1) is 13.2 Å². The van der Waals surface area contributed by atoms with E-state index < -0.39 is 23.3 Å². The van der Waals surface area contributed by atoms with Crippen molar-refractivity contribution in [2.24, 2.45) is 0 Å². The number of ether oxygens (including phenoxy) is 2. The third-order valence-electron chi connectivity index (χ3n) is 6.25. The number of rotatable bonds is 11. The first-order valence-corrected chi connectivity index (χ1v) is 12.7. The van der Waals surface area contributed by atoms with Gasteiger partial charge in [0.25, 0.3) is 0 Å². The second-order valence-corrected chi connectivity index (χ2v) is 8.86. The highest BCUT2D eigenvalue weighted by atomic mass is 19.2. The van der Waals surface area contributed by atoms with E-state index in [-0.39, 0.29) is 35.5 Å². The van der Waals surface area contributed by atoms with Gasteiger partial charge in [-0.2, -0.15) is 4.39 Å². The molecule has 4 aromatic rings. The Labute approximate surface area is 220 Å². The van der Waals surface area contributed by atoms with Crippen molar-refractivity contribution in [2.75, 3.05) is 13.2 Å². The zero-order valence-corrected chi connectivity index (χ0v) is 21.4. The van der Waals surface area contributed by atoms with Crippen LogP contribution in [0.2, 0.25) is 0 Å². The Morgan fingerprint density at radius 1 is 0.658 bits per heavy atom. The third-order valence-corrected chi connectivity index (χ3v) is 6.25. The fourth-order valence-corrected chi connectivity index (χ4v) is 4.10. The molecule has 0 radical (unpaired) electrons. The highest BCUT2D eigenvalue weighted by molar-refractivity contribution is 5.66. The van der Waals surface area contributed by atoms with Crippen LogP contribution >= 0.6 is 0 Å². The Kier molecular flexibility index (Phi) is 9.00. The smallest absolute Gasteiger partial charge is 0.213 e. The quantitative estimate of drug-likeness (QED) is 0.146. The number of benzene rings is 3. The van der Waals surface area contributed by atoms with Crippen molar-refractivity contribution in [1.29, 1.82) is 0 Å². The predicted octanol–water partition coefficient (Wildman–Crippen LogP) is 8.33. The molecule has 3 nitrogen and oxygen atoms in total. The van der Waals surface area contributed by atoms with Crippen molar-refractivity contribution >= 4 is 0 Å². The van der Waals surface area contributed by atoms with Crippen molar-refractivity contribution in [1.82, 2.24) is 4.98 Å². The average molecular weight is 524 g/mol. The van der Waals surface area contributed by atoms with Crippen LogP contribution in [0.25, 0.3) is 22.3 Å². The molecule has 4 rings (SSSR count). The summed E-state index contributed by atoms with van der Waals surface area (Å²) in [5.41, 5.74) is 2.33. The Bertz CT molecular complexity index is 1370. The molecule has 0 N–H and O–H groups in total. The molecule has 1 heterocycles. The molecule has 0 saturated carbocycles. The zero-order valence-electron chi connectivity index (χ0n) is 21.4. The number of unbranched alkanes of at least 4 members (excludes halogenated alkanes) is 1. The van der Waals surface area contributed by atoms with E-state index in [0.29, 0.717) is 30.0 Å². The monoisotopic (exact) mass is 523 g/mol. The van der Waals surface area contributed by atoms with Crippen LogP contribution in [0.3, 0.4) is 0 Å². The lowest BCUT2D eigenvalue weighted by atomic mass is 9.98. The Hall–Kier alpha value is -3.87. The second-order valence-electron chi connectivity index (χ2n) is 8.86. The van der Waals surface area contributed by atoms with E-state index in [1.54, 1.807) is 55.5 Å². The molecule has 1 aromatic heterocycles. The van der Waals surface area contributed by atoms with Crippen LogP contribution in [0, 0.1) is 23.3 Å². The Balaban J connectivity index is 1.43. The molecule has 0 bridgehead atoms. The number of nitrogens with zero attached hydrogens (tertiary/aromatic N) is 1. The maximum atomic E-state index is 14.9. The van der Waals surface area contributed by atoms with Crippen molar-refractivity contribution in [2.45, 2.75) is 39.5 Å². The van der Waals surface area contributed by atoms with E-state index >= 15 is 0 Å². The number of aromatic nitrogens is 1. The molecular weight excluding hydrogens is 494 g/mol. The van der Waals surface area contributed by atoms with Gasteiger partial charge in [0.1, 0.15) is 0 Å². The van der Waals surface area contributed by atoms with Crippen LogP contribution in [0.4, 0.5) is 17.6 Å². The zero-order chi connectivity index (χ0) is 27.1. The molecule has 0 saturated heterocycles. The van der Waals surface area contributed by atoms with E-state index in [1.807, 2.05) is 0 Å². The van der Waals surface area contributed by atoms with Crippen molar-refractivity contribution in [3.05, 3.63) is 101 Å². The summed E-state index contributed by atoms with van der Waals surface area (Å²) in [4.78, 5) is 4.19. The minimum atomic E-state index is -1.03. The van der Waals surface area contributed by atoms with Gasteiger partial charge in [-0.25, -0.2) is 18.2 Å². The molecule has 38 heavy (non-hydrogen) atoms. The first-order chi connectivity index (χ1) is 18.4. The van der Waals surface area contributed by atoms with Crippen LogP contribution < -0.4 is 9.47 Å². The molecule has 3 aromatic carbocycles. The number of halogens is 4. The van der Waals surface area contributed by atoms with Crippen molar-refractivity contribution in [3.8, 4) is 33.9 Å². The van der Waals surface area contributed by atoms with Crippen LogP contribution in [0.15, 0.2) is 66.9 Å². The molecule has 198 valence electrons. The molecular formula is C31H29F4NO2. The largest absolute Gasteiger partial charge is 0.491 e. The lowest BCUT2D eigenvalue weighted by Gasteiger charge is -2.11. The van der Waals surface area contributed by atoms with Crippen molar-refractivity contribution in [3.63, 3.8) is 0 Å². The predicted molar refractivity (Wildman–Crippen MR) is 140 cm³/mol. The molecule has 0 aliphatic heterocycles. The van der Waals surface area contributed by atoms with Crippen LogP contribution in [-0.4, -0.2) is 18.2 Å². The van der Waals surface area contributed by atoms with Crippen LogP contribution in [-0.2, 0) is 12.8 Å². The maximum absolute atomic E-state index is 14.9. The van der Waals surface area contributed by atoms with Gasteiger partial charge in [-0.05, 0) is 61.1 Å². The highest BCUT2D eigenvalue weighted by Crippen LogP contribution is 2.31. The second kappa shape index (κ2) is 12.6. The minimum absolute atomic E-state index is 0.122. The standard InChI is InChI=1S/C31H29F4NO2/c1-3-5-18-38-27-17-13-23(19-36-27)25-14-12-22(28(32)29(25)33)11-8-20-6-9-21(10-7-20)24-15-16-26(37-4-2)31(35)30(24)34/h6-7,9-10,12-17,19H,3-5,8,11,18H2,1-2H3. The maximum Gasteiger partial charge on any atom is 0.213 e. The highest BCUT2D eigenvalue weighted by Gasteiger charge is 2.17. The van der Waals surface area contributed by atoms with E-state index in [2.05, 4.69) is 11.9 Å². The van der Waals surface area contributed by atoms with Gasteiger partial charge in [0.2, 0.25) is 11.7 Å². The number of hydrogen-bond donors (Lipinski definition) is 0. The number of aryl methyl sites for hydroxylation is 2. The summed E-state index contributed by atoms with van der Waals surface area (Å²) in [5.74, 6) is -3.50. The molecule has 0 atom stereocenters. The summed E-state index contributed by atoms with van der Waals surface area (Å²) in [7, 11) is 0. The van der Waals surface area contributed by atoms with Gasteiger partial charge in [-0.3, -0.25) is 0 Å². The summed E-state index contributed by atoms with van der Waals surface area (Å²) in [5, 5.41) is 0. The van der Waals surface area contributed by atoms with Crippen molar-refractivity contribution < 1.29 is 27.0 Å². The fraction of sp³-hybridized carbons (Fsp3) is 0.258. The van der Waals surface area contributed by atoms with Gasteiger partial charge in [-0.1, -0.05) is 49.7 Å². The number of hydrogen-bond acceptors (Lipinski definition) is 3. The first kappa shape index (κ1) is 27.2. The Morgan fingerprint density at radius 2 is 1.34 bits per heavy atom. The average Bonchev–Trinajstić information content (AvgIpc) is 2.93. The topological polar surface area (TPSA) is 31.4 Å². The van der Waals surface area contributed by atoms with Gasteiger partial charge >= 0.3 is 0 Å². The molecule has 0 aliphatic carbocycles. The molecule has 0 fully saturated rings. The SMILES string of the molecule is CCCCOc1ccc(-c2ccc(CCc3ccc(-c4ccc(OCC)c(F)c4F)cc3)c(F)c2F)cn1. The summed E-state index contributed by atoms with van der Waals surface area (Å²) in [6.45, 7) is 4.54. The van der Waals surface area contributed by atoms with Gasteiger partial charge in [-0.15, -0.1) is 0 Å². The summed E-state index contributed by atoms with van der Waals surface area (Å²) < 4.78 is 69.1. The molecule has 0 amide bonds. The Morgan fingerprint density at radius 3 is 2.03 bits per heavy atom. The first-order valence-electron chi connectivity index (χ1n) is 12.7. The molecule has 0 unspecified atom stereocenters. The van der Waals surface area contributed by atoms with Gasteiger partial charge < -0.3 is 9.47 Å². The van der Waals surface area contributed by atoms with E-state index in [1.165, 1.54) is 18.3 Å². The molecule has 0 spiro atoms. The lowest BCUT2D eigenvalue weighted by molar-refractivity contribution is 0.298. The molecule has 7 heteroatoms. The third kappa shape index (κ3) is 6.15. The summed E-state index contributed by atoms with van der Waals surface area (Å²) in [6.07, 6.45) is 4.11. The normalized spacial score (nSPS) is 11.0. The summed E-state index contributed by atoms with van der Waals surface area (Å²) in [6, 6.07) is 16.2. The lowest BCUT2D eigenvalue weighted by Crippen LogP contribution is -2.01. The van der Waals surface area contributed by atoms with Gasteiger partial charge in [0, 0.05) is 29.0 Å². The van der Waals surface area contributed by atoms with Gasteiger partial charge in [0.15, 0.2) is 23.2 Å². The van der Waals surface area contributed by atoms with E-state index in [0.717, 1.165) is 18.4 Å². The van der Waals surface area contributed by atoms with Crippen LogP contribution in [0.1, 0.15) is 37.8 Å². The van der Waals surface area contributed by atoms with Crippen LogP contribution in [0.5, 0.6) is 11.6 Å². The fourth-order valence-electron chi connectivity index (χ4n) is 4.10. The van der Waals surface area contributed by atoms with E-state index in [9.17, 15) is 17.6 Å². The summed E-state index contributed by atoms with van der Waals surface area (Å²) >= 11 is 0.